The van der Waals surface area contributed by atoms with Crippen molar-refractivity contribution in [3.63, 3.8) is 0 Å². The van der Waals surface area contributed by atoms with Crippen molar-refractivity contribution < 1.29 is 13.9 Å². The Labute approximate surface area is 220 Å². The number of aryl methyl sites for hydroxylation is 1. The number of hydrogen-bond acceptors (Lipinski definition) is 7. The van der Waals surface area contributed by atoms with Gasteiger partial charge < -0.3 is 15.0 Å². The van der Waals surface area contributed by atoms with Gasteiger partial charge in [0.2, 0.25) is 0 Å². The maximum absolute atomic E-state index is 13.9. The molecule has 190 valence electrons. The third kappa shape index (κ3) is 4.55. The van der Waals surface area contributed by atoms with Crippen LogP contribution in [-0.2, 0) is 11.3 Å². The van der Waals surface area contributed by atoms with E-state index in [-0.39, 0.29) is 23.7 Å². The molecule has 1 N–H and O–H groups in total. The van der Waals surface area contributed by atoms with Gasteiger partial charge in [-0.25, -0.2) is 14.8 Å². The molecule has 2 aromatic carbocycles. The number of benzene rings is 2. The fourth-order valence-corrected chi connectivity index (χ4v) is 5.86. The van der Waals surface area contributed by atoms with Crippen molar-refractivity contribution in [2.24, 2.45) is 0 Å². The number of nitrogens with one attached hydrogen (secondary N) is 1. The number of anilines is 1. The third-order valence-electron chi connectivity index (χ3n) is 6.96. The Kier molecular flexibility index (Phi) is 6.08. The lowest BCUT2D eigenvalue weighted by atomic mass is 9.97. The minimum Gasteiger partial charge on any atom is -0.447 e. The fraction of sp³-hybridized carbons (Fsp3) is 0.308. The van der Waals surface area contributed by atoms with Crippen LogP contribution in [0.5, 0.6) is 0 Å². The normalized spacial score (nSPS) is 19.2. The van der Waals surface area contributed by atoms with Crippen LogP contribution in [-0.4, -0.2) is 50.8 Å². The first-order valence-electron chi connectivity index (χ1n) is 12.0. The monoisotopic (exact) mass is 539 g/mol. The summed E-state index contributed by atoms with van der Waals surface area (Å²) in [6.45, 7) is 3.12. The second-order valence-electron chi connectivity index (χ2n) is 9.35. The summed E-state index contributed by atoms with van der Waals surface area (Å²) in [6.07, 6.45) is 2.36. The molecule has 37 heavy (non-hydrogen) atoms. The third-order valence-corrected chi connectivity index (χ3v) is 8.03. The Hall–Kier alpha value is -3.50. The fourth-order valence-electron chi connectivity index (χ4n) is 5.06. The molecule has 2 aliphatic heterocycles. The van der Waals surface area contributed by atoms with Crippen LogP contribution in [0.3, 0.4) is 0 Å². The van der Waals surface area contributed by atoms with Crippen LogP contribution in [0.15, 0.2) is 47.4 Å². The zero-order valence-electron chi connectivity index (χ0n) is 19.9. The maximum atomic E-state index is 13.9. The van der Waals surface area contributed by atoms with E-state index in [2.05, 4.69) is 10.3 Å². The molecule has 0 unspecified atom stereocenters. The Balaban J connectivity index is 1.41. The van der Waals surface area contributed by atoms with Gasteiger partial charge in [0.15, 0.2) is 5.13 Å². The molecule has 2 atom stereocenters. The number of hydrogen-bond donors (Lipinski definition) is 1. The van der Waals surface area contributed by atoms with Crippen LogP contribution < -0.4 is 10.9 Å². The number of nitrogens with zero attached hydrogens (tertiary/aromatic N) is 4. The molecule has 8 nitrogen and oxygen atoms in total. The van der Waals surface area contributed by atoms with Crippen LogP contribution in [0.25, 0.3) is 21.5 Å². The summed E-state index contributed by atoms with van der Waals surface area (Å²) in [5.41, 5.74) is 2.66. The van der Waals surface area contributed by atoms with Crippen molar-refractivity contribution in [1.29, 1.82) is 0 Å². The largest absolute Gasteiger partial charge is 0.447 e. The summed E-state index contributed by atoms with van der Waals surface area (Å²) < 4.78 is 20.8. The quantitative estimate of drug-likeness (QED) is 0.381. The number of ether oxygens (including phenoxy) is 1. The molecule has 0 saturated carbocycles. The van der Waals surface area contributed by atoms with Gasteiger partial charge in [-0.2, -0.15) is 4.39 Å². The number of halogens is 2. The average Bonchev–Trinajstić information content (AvgIpc) is 3.48. The number of aromatic nitrogens is 3. The van der Waals surface area contributed by atoms with Crippen molar-refractivity contribution in [2.75, 3.05) is 18.5 Å². The zero-order chi connectivity index (χ0) is 25.7. The summed E-state index contributed by atoms with van der Waals surface area (Å²) in [5, 5.41) is 4.76. The molecule has 0 spiro atoms. The van der Waals surface area contributed by atoms with Gasteiger partial charge in [-0.3, -0.25) is 9.36 Å². The Morgan fingerprint density at radius 2 is 2.05 bits per heavy atom. The van der Waals surface area contributed by atoms with Crippen LogP contribution in [0.2, 0.25) is 5.02 Å². The van der Waals surface area contributed by atoms with Crippen molar-refractivity contribution in [1.82, 2.24) is 19.4 Å². The number of carbonyl (C=O) groups excluding carboxylic acids is 1. The van der Waals surface area contributed by atoms with Gasteiger partial charge >= 0.3 is 6.09 Å². The lowest BCUT2D eigenvalue weighted by Crippen LogP contribution is -2.45. The van der Waals surface area contributed by atoms with Gasteiger partial charge in [0.05, 0.1) is 29.7 Å². The van der Waals surface area contributed by atoms with Gasteiger partial charge in [0, 0.05) is 28.9 Å². The number of carbonyl (C=O) groups is 1. The lowest BCUT2D eigenvalue weighted by molar-refractivity contribution is 0.153. The van der Waals surface area contributed by atoms with Crippen molar-refractivity contribution >= 4 is 45.6 Å². The minimum atomic E-state index is -0.390. The summed E-state index contributed by atoms with van der Waals surface area (Å²) in [7, 11) is 0. The molecule has 2 fully saturated rings. The molecule has 4 heterocycles. The number of cyclic esters (lactones) is 1. The van der Waals surface area contributed by atoms with Crippen molar-refractivity contribution in [3.05, 3.63) is 74.5 Å². The predicted molar refractivity (Wildman–Crippen MR) is 141 cm³/mol. The Morgan fingerprint density at radius 3 is 2.81 bits per heavy atom. The predicted octanol–water partition coefficient (Wildman–Crippen LogP) is 5.06. The molecule has 0 bridgehead atoms. The molecule has 0 radical (unpaired) electrons. The second-order valence-corrected chi connectivity index (χ2v) is 10.8. The van der Waals surface area contributed by atoms with Crippen LogP contribution in [0, 0.1) is 12.1 Å². The number of piperidine rings is 1. The number of rotatable bonds is 5. The highest BCUT2D eigenvalue weighted by molar-refractivity contribution is 7.13. The molecular weight excluding hydrogens is 517 g/mol. The van der Waals surface area contributed by atoms with E-state index < -0.39 is 5.13 Å². The van der Waals surface area contributed by atoms with E-state index in [4.69, 9.17) is 21.3 Å². The summed E-state index contributed by atoms with van der Waals surface area (Å²) >= 11 is 6.96. The summed E-state index contributed by atoms with van der Waals surface area (Å²) in [5.74, 6) is 0.572. The number of fused-ring (bicyclic) bond motifs is 2. The van der Waals surface area contributed by atoms with Gasteiger partial charge in [-0.1, -0.05) is 35.1 Å². The molecule has 2 saturated heterocycles. The highest BCUT2D eigenvalue weighted by Gasteiger charge is 2.38. The van der Waals surface area contributed by atoms with Crippen LogP contribution in [0.1, 0.15) is 24.2 Å². The van der Waals surface area contributed by atoms with Crippen molar-refractivity contribution in [2.45, 2.75) is 38.4 Å². The smallest absolute Gasteiger partial charge is 0.410 e. The molecule has 4 aromatic rings. The van der Waals surface area contributed by atoms with Gasteiger partial charge in [-0.05, 0) is 49.6 Å². The summed E-state index contributed by atoms with van der Waals surface area (Å²) in [4.78, 5) is 36.3. The van der Waals surface area contributed by atoms with E-state index in [1.165, 1.54) is 6.20 Å². The highest BCUT2D eigenvalue weighted by Crippen LogP contribution is 2.35. The van der Waals surface area contributed by atoms with E-state index in [1.807, 2.05) is 12.1 Å². The standard InChI is InChI=1S/C26H23ClFN5O3S/c1-14-30-22-9-19(24-29-11-23(28)37-24)21(31-17-6-7-32-18(8-17)13-36-26(32)35)10-20(22)25(34)33(14)12-15-2-4-16(27)5-3-15/h2-5,9-11,17-18,31H,6-8,12-13H2,1H3/t17-,18-/m0/s1. The molecule has 2 aliphatic rings. The molecule has 11 heteroatoms. The molecule has 1 amide bonds. The average molecular weight is 540 g/mol. The second kappa shape index (κ2) is 9.42. The van der Waals surface area contributed by atoms with E-state index in [9.17, 15) is 14.0 Å². The van der Waals surface area contributed by atoms with E-state index in [0.29, 0.717) is 64.1 Å². The first-order chi connectivity index (χ1) is 17.9. The topological polar surface area (TPSA) is 89.4 Å². The van der Waals surface area contributed by atoms with Crippen molar-refractivity contribution in [3.8, 4) is 10.6 Å². The SMILES string of the molecule is Cc1nc2cc(-c3ncc(F)s3)c(N[C@H]3CCN4C(=O)OC[C@@H]4C3)cc2c(=O)n1Cc1ccc(Cl)cc1. The molecular formula is C26H23ClFN5O3S. The van der Waals surface area contributed by atoms with E-state index in [0.717, 1.165) is 23.3 Å². The van der Waals surface area contributed by atoms with E-state index >= 15 is 0 Å². The van der Waals surface area contributed by atoms with Crippen LogP contribution >= 0.6 is 22.9 Å². The highest BCUT2D eigenvalue weighted by atomic mass is 35.5. The number of thiazole rings is 1. The lowest BCUT2D eigenvalue weighted by Gasteiger charge is -2.33. The Morgan fingerprint density at radius 1 is 1.24 bits per heavy atom. The molecule has 0 aliphatic carbocycles. The van der Waals surface area contributed by atoms with Gasteiger partial charge in [0.1, 0.15) is 17.4 Å². The number of amides is 1. The van der Waals surface area contributed by atoms with Gasteiger partial charge in [0.25, 0.3) is 5.56 Å². The van der Waals surface area contributed by atoms with Gasteiger partial charge in [-0.15, -0.1) is 0 Å². The maximum Gasteiger partial charge on any atom is 0.410 e. The molecule has 6 rings (SSSR count). The zero-order valence-corrected chi connectivity index (χ0v) is 21.5. The first kappa shape index (κ1) is 23.9. The Bertz CT molecular complexity index is 1570. The summed E-state index contributed by atoms with van der Waals surface area (Å²) in [6, 6.07) is 11.0. The first-order valence-corrected chi connectivity index (χ1v) is 13.2. The van der Waals surface area contributed by atoms with Crippen LogP contribution in [0.4, 0.5) is 14.9 Å². The minimum absolute atomic E-state index is 0.0147. The molecule has 2 aromatic heterocycles. The van der Waals surface area contributed by atoms with E-state index in [1.54, 1.807) is 40.7 Å².